The summed E-state index contributed by atoms with van der Waals surface area (Å²) in [6.45, 7) is 9.06. The number of hydrogen-bond acceptors (Lipinski definition) is 3. The van der Waals surface area contributed by atoms with Gasteiger partial charge in [0.15, 0.2) is 0 Å². The molecule has 0 bridgehead atoms. The lowest BCUT2D eigenvalue weighted by Gasteiger charge is -2.33. The third kappa shape index (κ3) is 5.97. The molecule has 5 nitrogen and oxygen atoms in total. The zero-order valence-corrected chi connectivity index (χ0v) is 18.3. The van der Waals surface area contributed by atoms with Gasteiger partial charge in [-0.05, 0) is 55.7 Å². The molecule has 160 valence electrons. The predicted molar refractivity (Wildman–Crippen MR) is 119 cm³/mol. The number of anilines is 2. The van der Waals surface area contributed by atoms with E-state index in [1.807, 2.05) is 18.2 Å². The summed E-state index contributed by atoms with van der Waals surface area (Å²) in [5.41, 5.74) is 2.37. The summed E-state index contributed by atoms with van der Waals surface area (Å²) < 4.78 is 0. The van der Waals surface area contributed by atoms with Gasteiger partial charge in [0, 0.05) is 36.9 Å². The van der Waals surface area contributed by atoms with Crippen LogP contribution in [-0.4, -0.2) is 31.4 Å². The molecule has 1 saturated heterocycles. The number of benzene rings is 1. The number of hydrogen-bond donors (Lipinski definition) is 2. The molecule has 0 atom stereocenters. The SMILES string of the molecule is CC(C)CNC(=O)c1cc(NC(=O)C2CCCCC2)ccc1N1CCC(C)CC1. The predicted octanol–water partition coefficient (Wildman–Crippen LogP) is 4.83. The molecule has 2 N–H and O–H groups in total. The first-order valence-corrected chi connectivity index (χ1v) is 11.4. The molecular weight excluding hydrogens is 362 g/mol. The first-order chi connectivity index (χ1) is 13.9. The second kappa shape index (κ2) is 10.1. The summed E-state index contributed by atoms with van der Waals surface area (Å²) in [5, 5.41) is 6.12. The third-order valence-corrected chi connectivity index (χ3v) is 6.28. The fourth-order valence-electron chi connectivity index (χ4n) is 4.32. The Morgan fingerprint density at radius 2 is 1.76 bits per heavy atom. The van der Waals surface area contributed by atoms with Crippen LogP contribution in [0.25, 0.3) is 0 Å². The molecule has 1 saturated carbocycles. The van der Waals surface area contributed by atoms with Gasteiger partial charge in [-0.15, -0.1) is 0 Å². The van der Waals surface area contributed by atoms with E-state index in [1.54, 1.807) is 0 Å². The lowest BCUT2D eigenvalue weighted by molar-refractivity contribution is -0.120. The molecule has 1 aliphatic carbocycles. The average molecular weight is 400 g/mol. The Morgan fingerprint density at radius 3 is 2.41 bits per heavy atom. The van der Waals surface area contributed by atoms with Gasteiger partial charge in [0.2, 0.25) is 5.91 Å². The molecule has 29 heavy (non-hydrogen) atoms. The Morgan fingerprint density at radius 1 is 1.07 bits per heavy atom. The lowest BCUT2D eigenvalue weighted by atomic mass is 9.88. The van der Waals surface area contributed by atoms with Crippen molar-refractivity contribution in [1.29, 1.82) is 0 Å². The minimum atomic E-state index is -0.0545. The van der Waals surface area contributed by atoms with Crippen molar-refractivity contribution in [3.05, 3.63) is 23.8 Å². The Labute approximate surface area is 175 Å². The smallest absolute Gasteiger partial charge is 0.253 e. The third-order valence-electron chi connectivity index (χ3n) is 6.28. The summed E-state index contributed by atoms with van der Waals surface area (Å²) in [7, 11) is 0. The highest BCUT2D eigenvalue weighted by Crippen LogP contribution is 2.30. The van der Waals surface area contributed by atoms with Crippen LogP contribution in [0.1, 0.15) is 76.1 Å². The molecule has 3 rings (SSSR count). The number of rotatable bonds is 6. The van der Waals surface area contributed by atoms with Crippen molar-refractivity contribution in [3.63, 3.8) is 0 Å². The molecule has 1 aromatic rings. The van der Waals surface area contributed by atoms with Gasteiger partial charge in [-0.25, -0.2) is 0 Å². The van der Waals surface area contributed by atoms with E-state index in [-0.39, 0.29) is 17.7 Å². The normalized spacial score (nSPS) is 18.7. The molecular formula is C24H37N3O2. The number of carbonyl (C=O) groups excluding carboxylic acids is 2. The van der Waals surface area contributed by atoms with Crippen LogP contribution in [0.2, 0.25) is 0 Å². The van der Waals surface area contributed by atoms with Crippen LogP contribution in [0, 0.1) is 17.8 Å². The van der Waals surface area contributed by atoms with Crippen molar-refractivity contribution in [2.75, 3.05) is 29.9 Å². The van der Waals surface area contributed by atoms with E-state index in [4.69, 9.17) is 0 Å². The van der Waals surface area contributed by atoms with Gasteiger partial charge in [0.05, 0.1) is 5.56 Å². The Bertz CT molecular complexity index is 702. The standard InChI is InChI=1S/C24H37N3O2/c1-17(2)16-25-24(29)21-15-20(26-23(28)19-7-5-4-6-8-19)9-10-22(21)27-13-11-18(3)12-14-27/h9-10,15,17-19H,4-8,11-14,16H2,1-3H3,(H,25,29)(H,26,28). The van der Waals surface area contributed by atoms with Crippen molar-refractivity contribution in [1.82, 2.24) is 5.32 Å². The molecule has 1 heterocycles. The number of amides is 2. The van der Waals surface area contributed by atoms with Gasteiger partial charge < -0.3 is 15.5 Å². The number of nitrogens with zero attached hydrogens (tertiary/aromatic N) is 1. The quantitative estimate of drug-likeness (QED) is 0.720. The van der Waals surface area contributed by atoms with Gasteiger partial charge in [-0.2, -0.15) is 0 Å². The van der Waals surface area contributed by atoms with Crippen LogP contribution in [0.5, 0.6) is 0 Å². The van der Waals surface area contributed by atoms with Crippen LogP contribution >= 0.6 is 0 Å². The first kappa shape index (κ1) is 21.7. The minimum Gasteiger partial charge on any atom is -0.371 e. The maximum atomic E-state index is 13.0. The molecule has 0 radical (unpaired) electrons. The summed E-state index contributed by atoms with van der Waals surface area (Å²) in [6.07, 6.45) is 7.73. The van der Waals surface area contributed by atoms with Crippen molar-refractivity contribution < 1.29 is 9.59 Å². The highest BCUT2D eigenvalue weighted by molar-refractivity contribution is 6.02. The first-order valence-electron chi connectivity index (χ1n) is 11.4. The number of nitrogens with one attached hydrogen (secondary N) is 2. The van der Waals surface area contributed by atoms with E-state index in [1.165, 1.54) is 6.42 Å². The van der Waals surface area contributed by atoms with Crippen molar-refractivity contribution in [3.8, 4) is 0 Å². The Kier molecular flexibility index (Phi) is 7.57. The van der Waals surface area contributed by atoms with Crippen LogP contribution in [0.3, 0.4) is 0 Å². The maximum absolute atomic E-state index is 13.0. The monoisotopic (exact) mass is 399 g/mol. The minimum absolute atomic E-state index is 0.0545. The topological polar surface area (TPSA) is 61.4 Å². The van der Waals surface area contributed by atoms with Crippen LogP contribution in [-0.2, 0) is 4.79 Å². The molecule has 0 aromatic heterocycles. The zero-order valence-electron chi connectivity index (χ0n) is 18.3. The van der Waals surface area contributed by atoms with Gasteiger partial charge in [0.1, 0.15) is 0 Å². The fraction of sp³-hybridized carbons (Fsp3) is 0.667. The van der Waals surface area contributed by atoms with E-state index in [0.29, 0.717) is 18.0 Å². The number of carbonyl (C=O) groups is 2. The molecule has 1 aromatic carbocycles. The molecule has 0 unspecified atom stereocenters. The fourth-order valence-corrected chi connectivity index (χ4v) is 4.32. The van der Waals surface area contributed by atoms with Crippen molar-refractivity contribution in [2.45, 2.75) is 65.7 Å². The van der Waals surface area contributed by atoms with E-state index in [0.717, 1.165) is 68.9 Å². The molecule has 0 spiro atoms. The van der Waals surface area contributed by atoms with E-state index < -0.39 is 0 Å². The second-order valence-corrected chi connectivity index (χ2v) is 9.33. The molecule has 1 aliphatic heterocycles. The summed E-state index contributed by atoms with van der Waals surface area (Å²) in [6, 6.07) is 5.83. The average Bonchev–Trinajstić information content (AvgIpc) is 2.73. The highest BCUT2D eigenvalue weighted by Gasteiger charge is 2.24. The summed E-state index contributed by atoms with van der Waals surface area (Å²) >= 11 is 0. The largest absolute Gasteiger partial charge is 0.371 e. The van der Waals surface area contributed by atoms with Crippen LogP contribution in [0.4, 0.5) is 11.4 Å². The van der Waals surface area contributed by atoms with Crippen molar-refractivity contribution >= 4 is 23.2 Å². The number of piperidine rings is 1. The highest BCUT2D eigenvalue weighted by atomic mass is 16.2. The van der Waals surface area contributed by atoms with Gasteiger partial charge in [-0.1, -0.05) is 40.0 Å². The van der Waals surface area contributed by atoms with Crippen molar-refractivity contribution in [2.24, 2.45) is 17.8 Å². The molecule has 2 amide bonds. The van der Waals surface area contributed by atoms with Gasteiger partial charge in [0.25, 0.3) is 5.91 Å². The Balaban J connectivity index is 1.78. The van der Waals surface area contributed by atoms with Crippen LogP contribution < -0.4 is 15.5 Å². The summed E-state index contributed by atoms with van der Waals surface area (Å²) in [4.78, 5) is 27.9. The van der Waals surface area contributed by atoms with E-state index >= 15 is 0 Å². The molecule has 2 fully saturated rings. The van der Waals surface area contributed by atoms with E-state index in [2.05, 4.69) is 36.3 Å². The van der Waals surface area contributed by atoms with E-state index in [9.17, 15) is 9.59 Å². The Hall–Kier alpha value is -2.04. The van der Waals surface area contributed by atoms with Crippen LogP contribution in [0.15, 0.2) is 18.2 Å². The van der Waals surface area contributed by atoms with Gasteiger partial charge in [-0.3, -0.25) is 9.59 Å². The maximum Gasteiger partial charge on any atom is 0.253 e. The zero-order chi connectivity index (χ0) is 20.8. The van der Waals surface area contributed by atoms with Gasteiger partial charge >= 0.3 is 0 Å². The summed E-state index contributed by atoms with van der Waals surface area (Å²) in [5.74, 6) is 1.27. The second-order valence-electron chi connectivity index (χ2n) is 9.33. The lowest BCUT2D eigenvalue weighted by Crippen LogP contribution is -2.35. The molecule has 5 heteroatoms. The molecule has 2 aliphatic rings.